The highest BCUT2D eigenvalue weighted by Crippen LogP contribution is 2.16. The summed E-state index contributed by atoms with van der Waals surface area (Å²) in [6.45, 7) is 4.28. The first-order chi connectivity index (χ1) is 12.9. The summed E-state index contributed by atoms with van der Waals surface area (Å²) in [7, 11) is 1.63. The van der Waals surface area contributed by atoms with Gasteiger partial charge in [0.05, 0.1) is 7.11 Å². The maximum atomic E-state index is 12.4. The summed E-state index contributed by atoms with van der Waals surface area (Å²) in [4.78, 5) is 24.9. The third-order valence-electron chi connectivity index (χ3n) is 4.54. The average molecular weight is 368 g/mol. The number of methoxy groups -OCH3 is 1. The fraction of sp³-hybridized carbons (Fsp3) is 0.364. The van der Waals surface area contributed by atoms with Crippen LogP contribution in [0.2, 0.25) is 0 Å². The van der Waals surface area contributed by atoms with Crippen LogP contribution in [0.15, 0.2) is 54.6 Å². The Hall–Kier alpha value is -2.82. The van der Waals surface area contributed by atoms with Crippen LogP contribution in [0.3, 0.4) is 0 Å². The lowest BCUT2D eigenvalue weighted by Gasteiger charge is -2.22. The standard InChI is InChI=1S/C22H28N2O3/c1-22(2,20(25)23-15-13-17-7-5-4-6-8-17)21(26)24-16-14-18-9-11-19(27-3)12-10-18/h4-12H,13-16H2,1-3H3,(H,23,25)(H,24,26). The number of amides is 2. The van der Waals surface area contributed by atoms with Gasteiger partial charge in [0.2, 0.25) is 11.8 Å². The quantitative estimate of drug-likeness (QED) is 0.669. The molecule has 5 nitrogen and oxygen atoms in total. The van der Waals surface area contributed by atoms with E-state index >= 15 is 0 Å². The Kier molecular flexibility index (Phi) is 7.41. The molecule has 2 rings (SSSR count). The van der Waals surface area contributed by atoms with Crippen molar-refractivity contribution in [1.29, 1.82) is 0 Å². The minimum absolute atomic E-state index is 0.264. The third kappa shape index (κ3) is 6.13. The van der Waals surface area contributed by atoms with Crippen LogP contribution in [-0.2, 0) is 22.4 Å². The van der Waals surface area contributed by atoms with E-state index in [9.17, 15) is 9.59 Å². The maximum Gasteiger partial charge on any atom is 0.235 e. The molecule has 2 amide bonds. The Labute approximate surface area is 161 Å². The topological polar surface area (TPSA) is 67.4 Å². The third-order valence-corrected chi connectivity index (χ3v) is 4.54. The summed E-state index contributed by atoms with van der Waals surface area (Å²) in [5.41, 5.74) is 1.14. The molecule has 0 aliphatic rings. The van der Waals surface area contributed by atoms with Gasteiger partial charge in [-0.15, -0.1) is 0 Å². The van der Waals surface area contributed by atoms with Gasteiger partial charge in [-0.25, -0.2) is 0 Å². The summed E-state index contributed by atoms with van der Waals surface area (Å²) < 4.78 is 5.13. The average Bonchev–Trinajstić information content (AvgIpc) is 2.69. The highest BCUT2D eigenvalue weighted by atomic mass is 16.5. The Morgan fingerprint density at radius 3 is 1.78 bits per heavy atom. The number of hydrogen-bond acceptors (Lipinski definition) is 3. The molecule has 5 heteroatoms. The predicted molar refractivity (Wildman–Crippen MR) is 107 cm³/mol. The highest BCUT2D eigenvalue weighted by molar-refractivity contribution is 6.04. The van der Waals surface area contributed by atoms with Gasteiger partial charge in [-0.3, -0.25) is 9.59 Å². The van der Waals surface area contributed by atoms with Gasteiger partial charge in [-0.2, -0.15) is 0 Å². The number of hydrogen-bond donors (Lipinski definition) is 2. The van der Waals surface area contributed by atoms with Crippen LogP contribution < -0.4 is 15.4 Å². The molecule has 27 heavy (non-hydrogen) atoms. The SMILES string of the molecule is COc1ccc(CCNC(=O)C(C)(C)C(=O)NCCc2ccccc2)cc1. The van der Waals surface area contributed by atoms with Crippen molar-refractivity contribution in [2.24, 2.45) is 5.41 Å². The van der Waals surface area contributed by atoms with Crippen molar-refractivity contribution >= 4 is 11.8 Å². The number of nitrogens with one attached hydrogen (secondary N) is 2. The first kappa shape index (κ1) is 20.5. The van der Waals surface area contributed by atoms with Crippen molar-refractivity contribution in [2.75, 3.05) is 20.2 Å². The second-order valence-corrected chi connectivity index (χ2v) is 6.97. The Balaban J connectivity index is 1.76. The number of carbonyl (C=O) groups is 2. The summed E-state index contributed by atoms with van der Waals surface area (Å²) >= 11 is 0. The molecule has 0 heterocycles. The predicted octanol–water partition coefficient (Wildman–Crippen LogP) is 2.74. The van der Waals surface area contributed by atoms with Crippen molar-refractivity contribution in [3.05, 3.63) is 65.7 Å². The first-order valence-corrected chi connectivity index (χ1v) is 9.17. The Bertz CT molecular complexity index is 740. The molecule has 0 bridgehead atoms. The monoisotopic (exact) mass is 368 g/mol. The van der Waals surface area contributed by atoms with E-state index in [-0.39, 0.29) is 11.8 Å². The molecule has 0 saturated carbocycles. The summed E-state index contributed by atoms with van der Waals surface area (Å²) in [5, 5.41) is 5.72. The minimum Gasteiger partial charge on any atom is -0.497 e. The van der Waals surface area contributed by atoms with Crippen LogP contribution in [0, 0.1) is 5.41 Å². The van der Waals surface area contributed by atoms with Crippen LogP contribution in [0.5, 0.6) is 5.75 Å². The molecule has 0 aromatic heterocycles. The summed E-state index contributed by atoms with van der Waals surface area (Å²) in [5.74, 6) is 0.268. The van der Waals surface area contributed by atoms with E-state index in [4.69, 9.17) is 4.74 Å². The second kappa shape index (κ2) is 9.76. The number of ether oxygens (including phenoxy) is 1. The van der Waals surface area contributed by atoms with Gasteiger partial charge >= 0.3 is 0 Å². The van der Waals surface area contributed by atoms with E-state index in [2.05, 4.69) is 10.6 Å². The molecule has 0 spiro atoms. The molecule has 2 aromatic rings. The van der Waals surface area contributed by atoms with Gasteiger partial charge in [0.25, 0.3) is 0 Å². The Morgan fingerprint density at radius 1 is 0.815 bits per heavy atom. The van der Waals surface area contributed by atoms with Crippen LogP contribution in [0.4, 0.5) is 0 Å². The van der Waals surface area contributed by atoms with Gasteiger partial charge in [0.15, 0.2) is 0 Å². The lowest BCUT2D eigenvalue weighted by Crippen LogP contribution is -2.48. The molecular weight excluding hydrogens is 340 g/mol. The van der Waals surface area contributed by atoms with Crippen LogP contribution in [-0.4, -0.2) is 32.0 Å². The molecular formula is C22H28N2O3. The second-order valence-electron chi connectivity index (χ2n) is 6.97. The molecule has 144 valence electrons. The fourth-order valence-corrected chi connectivity index (χ4v) is 2.62. The number of benzene rings is 2. The molecule has 0 aliphatic heterocycles. The van der Waals surface area contributed by atoms with Gasteiger partial charge in [-0.1, -0.05) is 42.5 Å². The molecule has 0 aliphatic carbocycles. The zero-order chi connectivity index (χ0) is 19.7. The lowest BCUT2D eigenvalue weighted by atomic mass is 9.91. The van der Waals surface area contributed by atoms with E-state index in [1.807, 2.05) is 54.6 Å². The minimum atomic E-state index is -1.11. The van der Waals surface area contributed by atoms with E-state index in [1.54, 1.807) is 21.0 Å². The van der Waals surface area contributed by atoms with Gasteiger partial charge in [-0.05, 0) is 49.9 Å². The fourth-order valence-electron chi connectivity index (χ4n) is 2.62. The molecule has 0 fully saturated rings. The molecule has 0 saturated heterocycles. The van der Waals surface area contributed by atoms with E-state index in [1.165, 1.54) is 0 Å². The molecule has 0 atom stereocenters. The summed E-state index contributed by atoms with van der Waals surface area (Å²) in [6.07, 6.45) is 1.43. The van der Waals surface area contributed by atoms with Crippen LogP contribution in [0.1, 0.15) is 25.0 Å². The highest BCUT2D eigenvalue weighted by Gasteiger charge is 2.35. The number of rotatable bonds is 9. The van der Waals surface area contributed by atoms with E-state index in [0.29, 0.717) is 19.5 Å². The first-order valence-electron chi connectivity index (χ1n) is 9.17. The van der Waals surface area contributed by atoms with Crippen molar-refractivity contribution in [3.8, 4) is 5.75 Å². The molecule has 0 unspecified atom stereocenters. The van der Waals surface area contributed by atoms with Gasteiger partial charge in [0, 0.05) is 13.1 Å². The van der Waals surface area contributed by atoms with Crippen LogP contribution >= 0.6 is 0 Å². The van der Waals surface area contributed by atoms with E-state index in [0.717, 1.165) is 23.3 Å². The van der Waals surface area contributed by atoms with E-state index < -0.39 is 5.41 Å². The molecule has 2 aromatic carbocycles. The van der Waals surface area contributed by atoms with Crippen molar-refractivity contribution < 1.29 is 14.3 Å². The Morgan fingerprint density at radius 2 is 1.30 bits per heavy atom. The largest absolute Gasteiger partial charge is 0.497 e. The van der Waals surface area contributed by atoms with Crippen molar-refractivity contribution in [1.82, 2.24) is 10.6 Å². The lowest BCUT2D eigenvalue weighted by molar-refractivity contribution is -0.141. The number of carbonyl (C=O) groups excluding carboxylic acids is 2. The van der Waals surface area contributed by atoms with Gasteiger partial charge in [0.1, 0.15) is 11.2 Å². The smallest absolute Gasteiger partial charge is 0.235 e. The zero-order valence-electron chi connectivity index (χ0n) is 16.2. The van der Waals surface area contributed by atoms with Gasteiger partial charge < -0.3 is 15.4 Å². The normalized spacial score (nSPS) is 10.9. The maximum absolute atomic E-state index is 12.4. The van der Waals surface area contributed by atoms with Crippen LogP contribution in [0.25, 0.3) is 0 Å². The van der Waals surface area contributed by atoms with Crippen molar-refractivity contribution in [2.45, 2.75) is 26.7 Å². The van der Waals surface area contributed by atoms with Crippen molar-refractivity contribution in [3.63, 3.8) is 0 Å². The molecule has 2 N–H and O–H groups in total. The summed E-state index contributed by atoms with van der Waals surface area (Å²) in [6, 6.07) is 17.6. The zero-order valence-corrected chi connectivity index (χ0v) is 16.2. The molecule has 0 radical (unpaired) electrons.